The van der Waals surface area contributed by atoms with E-state index in [-0.39, 0.29) is 150 Å². The molecule has 0 aromatic carbocycles. The Bertz CT molecular complexity index is 5920. The van der Waals surface area contributed by atoms with Crippen LogP contribution in [0.15, 0.2) is 49.1 Å². The fourth-order valence-electron chi connectivity index (χ4n) is 20.1. The molecule has 18 rings (SSSR count). The molecular weight excluding hydrogens is 1890 g/mol. The number of thiazole rings is 4. The number of aliphatic hydroxyl groups is 3. The van der Waals surface area contributed by atoms with E-state index in [4.69, 9.17) is 0 Å². The van der Waals surface area contributed by atoms with Gasteiger partial charge in [-0.3, -0.25) is 38.4 Å². The molecule has 8 amide bonds. The SMILES string of the molecule is Cc1cc(NC(C)(C)C)ncc1-c1sc(C(=O)N[C@@H](C)C(C)(C)O)nc1C(=O)N1CCC[C@@H]1C.Cc1cc(NC(C)(C)C)ncc1-c1sc(C(=O)N[C@H](C)C(C)(C)O)nc1C(=O)N1CCC[C@@H]1C.Cc1cc(NC2(C)CCC2)ncc1-c1sc(C(=O)NC2CC(O)C2)nc1C(=O)N1C2CCC1CC2.Cc1cc(NC2(C)CCC2)ncc1-c1sc(C(=O)NC2CCS(=O)(=O)CC2)nc1C(=O)N1C2CCC1CC2. The maximum absolute atomic E-state index is 13.9. The number of nitrogens with zero attached hydrogens (tertiary/aromatic N) is 12. The lowest BCUT2D eigenvalue weighted by Gasteiger charge is -2.39. The van der Waals surface area contributed by atoms with Crippen LogP contribution in [0.2, 0.25) is 0 Å². The summed E-state index contributed by atoms with van der Waals surface area (Å²) >= 11 is 4.85. The van der Waals surface area contributed by atoms with Gasteiger partial charge in [0.1, 0.15) is 55.9 Å². The summed E-state index contributed by atoms with van der Waals surface area (Å²) in [5.74, 6) is 1.34. The molecule has 3 aliphatic carbocycles. The van der Waals surface area contributed by atoms with Crippen LogP contribution in [0.25, 0.3) is 41.8 Å². The van der Waals surface area contributed by atoms with Gasteiger partial charge >= 0.3 is 0 Å². The molecule has 8 aromatic rings. The second-order valence-corrected chi connectivity index (χ2v) is 50.7. The van der Waals surface area contributed by atoms with Gasteiger partial charge in [0.15, 0.2) is 20.0 Å². The minimum absolute atomic E-state index is 0.0416. The normalized spacial score (nSPS) is 22.4. The molecule has 4 bridgehead atoms. The second kappa shape index (κ2) is 41.9. The number of amides is 8. The van der Waals surface area contributed by atoms with Crippen LogP contribution in [-0.2, 0) is 9.84 Å². The fraction of sp³-hybridized carbons (Fsp3) is 0.612. The molecule has 10 aliphatic rings. The van der Waals surface area contributed by atoms with Crippen LogP contribution in [0.1, 0.15) is 355 Å². The van der Waals surface area contributed by atoms with Gasteiger partial charge in [-0.25, -0.2) is 48.3 Å². The number of aliphatic hydroxyl groups excluding tert-OH is 1. The number of rotatable bonds is 24. The molecule has 141 heavy (non-hydrogen) atoms. The van der Waals surface area contributed by atoms with Crippen LogP contribution in [0.3, 0.4) is 0 Å². The predicted octanol–water partition coefficient (Wildman–Crippen LogP) is 16.3. The third-order valence-corrected chi connectivity index (χ3v) is 35.5. The first-order valence-corrected chi connectivity index (χ1v) is 55.2. The van der Waals surface area contributed by atoms with Gasteiger partial charge in [0.2, 0.25) is 0 Å². The summed E-state index contributed by atoms with van der Waals surface area (Å²) in [6.07, 6.45) is 27.7. The van der Waals surface area contributed by atoms with Gasteiger partial charge in [-0.15, -0.1) is 45.3 Å². The number of nitrogens with one attached hydrogen (secondary N) is 8. The summed E-state index contributed by atoms with van der Waals surface area (Å²) < 4.78 is 23.6. The van der Waals surface area contributed by atoms with E-state index >= 15 is 0 Å². The molecular formula is C103H142N20O13S5. The maximum atomic E-state index is 13.9. The zero-order valence-electron chi connectivity index (χ0n) is 85.2. The van der Waals surface area contributed by atoms with Crippen molar-refractivity contribution < 1.29 is 62.1 Å². The monoisotopic (exact) mass is 2030 g/mol. The first-order chi connectivity index (χ1) is 66.2. The van der Waals surface area contributed by atoms with E-state index < -0.39 is 44.9 Å². The molecule has 0 radical (unpaired) electrons. The number of aryl methyl sites for hydroxylation is 4. The van der Waals surface area contributed by atoms with Crippen molar-refractivity contribution in [1.82, 2.24) is 80.7 Å². The van der Waals surface area contributed by atoms with Crippen LogP contribution in [0.4, 0.5) is 23.3 Å². The van der Waals surface area contributed by atoms with Gasteiger partial charge in [0.05, 0.1) is 60.4 Å². The Balaban J connectivity index is 0.000000142. The van der Waals surface area contributed by atoms with E-state index in [9.17, 15) is 62.1 Å². The maximum Gasteiger partial charge on any atom is 0.280 e. The number of likely N-dealkylation sites (tertiary alicyclic amines) is 2. The Labute approximate surface area is 844 Å². The van der Waals surface area contributed by atoms with E-state index in [1.807, 2.05) is 91.6 Å². The van der Waals surface area contributed by atoms with Gasteiger partial charge in [0.25, 0.3) is 47.3 Å². The number of carbonyl (C=O) groups excluding carboxylic acids is 8. The Morgan fingerprint density at radius 3 is 0.979 bits per heavy atom. The van der Waals surface area contributed by atoms with Crippen molar-refractivity contribution >= 4 is 126 Å². The quantitative estimate of drug-likeness (QED) is 0.0268. The molecule has 33 nitrogen and oxygen atoms in total. The van der Waals surface area contributed by atoms with E-state index in [1.54, 1.807) is 60.1 Å². The van der Waals surface area contributed by atoms with Crippen molar-refractivity contribution in [1.29, 1.82) is 0 Å². The second-order valence-electron chi connectivity index (χ2n) is 44.4. The molecule has 38 heteroatoms. The summed E-state index contributed by atoms with van der Waals surface area (Å²) in [6.45, 7) is 40.2. The predicted molar refractivity (Wildman–Crippen MR) is 555 cm³/mol. The molecule has 7 saturated heterocycles. The third-order valence-electron chi connectivity index (χ3n) is 29.5. The number of pyridine rings is 4. The summed E-state index contributed by atoms with van der Waals surface area (Å²) in [6, 6.07) is 8.02. The standard InChI is InChI=1S/C27H35N5O4S2.C26H33N5O3S.2C25H37N5O3S/c1-16-14-21(31-27(2)10-3-11-27)28-15-20(16)23-22(26(34)32-18-4-5-19(32)7-6-18)30-25(37-23)24(33)29-17-8-12-38(35,36)13-9-17;1-14-10-20(30-26(2)8-3-9-26)27-13-19(14)22-21(25(34)31-16-4-5-17(31)7-6-16)29-24(35-22)23(33)28-15-11-18(32)12-15;2*1-14-12-18(29-24(4,5)6)26-13-17(14)20-19(23(32)30-11-9-10-15(30)2)28-22(34-20)21(31)27-16(3)25(7,8)33/h14-15,17-19H,3-13H2,1-2H3,(H,28,31)(H,29,33);10,13,15-18,32H,3-9,11-12H2,1-2H3,(H,27,30)(H,28,33);2*12-13,15-16,33H,9-11H2,1-8H3,(H,26,29)(H,27,31)/t;;15-,16+;15-,16-/m..00/s1. The van der Waals surface area contributed by atoms with Crippen molar-refractivity contribution in [3.05, 3.63) is 114 Å². The highest BCUT2D eigenvalue weighted by Gasteiger charge is 2.48. The molecule has 0 spiro atoms. The number of hydrogen-bond donors (Lipinski definition) is 11. The van der Waals surface area contributed by atoms with Gasteiger partial charge in [-0.05, 0) is 326 Å². The number of carbonyl (C=O) groups is 8. The molecule has 15 heterocycles. The molecule has 8 aromatic heterocycles. The van der Waals surface area contributed by atoms with Crippen molar-refractivity contribution in [3.63, 3.8) is 0 Å². The number of sulfone groups is 1. The van der Waals surface area contributed by atoms with Gasteiger partial charge in [-0.2, -0.15) is 0 Å². The zero-order chi connectivity index (χ0) is 102. The average molecular weight is 2030 g/mol. The summed E-state index contributed by atoms with van der Waals surface area (Å²) in [5, 5.41) is 56.2. The molecule has 3 saturated carbocycles. The van der Waals surface area contributed by atoms with Crippen molar-refractivity contribution in [3.8, 4) is 41.8 Å². The lowest BCUT2D eigenvalue weighted by atomic mass is 9.78. The molecule has 11 N–H and O–H groups in total. The molecule has 762 valence electrons. The van der Waals surface area contributed by atoms with E-state index in [1.165, 1.54) is 58.2 Å². The van der Waals surface area contributed by atoms with Crippen LogP contribution in [0.5, 0.6) is 0 Å². The van der Waals surface area contributed by atoms with E-state index in [2.05, 4.69) is 138 Å². The zero-order valence-corrected chi connectivity index (χ0v) is 89.3. The molecule has 10 fully saturated rings. The minimum Gasteiger partial charge on any atom is -0.393 e. The molecule has 0 unspecified atom stereocenters. The fourth-order valence-corrected chi connectivity index (χ4v) is 25.7. The van der Waals surface area contributed by atoms with Crippen molar-refractivity contribution in [2.75, 3.05) is 45.9 Å². The Morgan fingerprint density at radius 1 is 0.418 bits per heavy atom. The van der Waals surface area contributed by atoms with Gasteiger partial charge in [-0.1, -0.05) is 0 Å². The lowest BCUT2D eigenvalue weighted by molar-refractivity contribution is 0.0408. The Kier molecular flexibility index (Phi) is 31.3. The largest absolute Gasteiger partial charge is 0.393 e. The number of fused-ring (bicyclic) bond motifs is 4. The molecule has 7 aliphatic heterocycles. The van der Waals surface area contributed by atoms with Crippen LogP contribution in [-0.4, -0.2) is 255 Å². The number of hydrogen-bond acceptors (Lipinski definition) is 29. The Hall–Kier alpha value is -10.1. The highest BCUT2D eigenvalue weighted by molar-refractivity contribution is 7.91. The van der Waals surface area contributed by atoms with Crippen molar-refractivity contribution in [2.24, 2.45) is 0 Å². The summed E-state index contributed by atoms with van der Waals surface area (Å²) in [5.41, 5.74) is 6.02. The summed E-state index contributed by atoms with van der Waals surface area (Å²) in [7, 11) is -3.02. The highest BCUT2D eigenvalue weighted by atomic mass is 32.2. The number of anilines is 4. The van der Waals surface area contributed by atoms with Crippen LogP contribution in [0, 0.1) is 27.7 Å². The Morgan fingerprint density at radius 2 is 0.709 bits per heavy atom. The molecule has 4 atom stereocenters. The van der Waals surface area contributed by atoms with Crippen LogP contribution < -0.4 is 42.5 Å². The topological polar surface area (TPSA) is 444 Å². The van der Waals surface area contributed by atoms with Crippen LogP contribution >= 0.6 is 45.3 Å². The van der Waals surface area contributed by atoms with E-state index in [0.29, 0.717) is 74.7 Å². The first-order valence-electron chi connectivity index (χ1n) is 50.1. The third kappa shape index (κ3) is 24.6. The summed E-state index contributed by atoms with van der Waals surface area (Å²) in [4.78, 5) is 154. The first kappa shape index (κ1) is 105. The van der Waals surface area contributed by atoms with E-state index in [0.717, 1.165) is 171 Å². The van der Waals surface area contributed by atoms with Gasteiger partial charge < -0.3 is 77.5 Å². The van der Waals surface area contributed by atoms with Gasteiger partial charge in [0, 0.05) is 131 Å². The highest BCUT2D eigenvalue weighted by Crippen LogP contribution is 2.47. The number of aromatic nitrogens is 8. The lowest BCUT2D eigenvalue weighted by Crippen LogP contribution is -2.47. The van der Waals surface area contributed by atoms with Crippen molar-refractivity contribution in [2.45, 2.75) is 380 Å². The minimum atomic E-state index is -3.02. The smallest absolute Gasteiger partial charge is 0.280 e. The average Bonchev–Trinajstić information content (AvgIpc) is 1.61.